The van der Waals surface area contributed by atoms with Gasteiger partial charge in [0.05, 0.1) is 12.3 Å². The van der Waals surface area contributed by atoms with E-state index in [4.69, 9.17) is 15.2 Å². The Morgan fingerprint density at radius 3 is 2.10 bits per heavy atom. The number of ether oxygens (including phenoxy) is 2. The van der Waals surface area contributed by atoms with Crippen molar-refractivity contribution in [2.75, 3.05) is 13.2 Å². The third-order valence-corrected chi connectivity index (χ3v) is 5.53. The molecule has 2 aromatic carbocycles. The molecule has 0 saturated heterocycles. The first-order valence-corrected chi connectivity index (χ1v) is 11.1. The smallest absolute Gasteiger partial charge is 0.310 e. The largest absolute Gasteiger partial charge is 0.465 e. The first-order chi connectivity index (χ1) is 14.8. The van der Waals surface area contributed by atoms with Crippen LogP contribution >= 0.6 is 0 Å². The van der Waals surface area contributed by atoms with Gasteiger partial charge in [0.2, 0.25) is 0 Å². The average Bonchev–Trinajstić information content (AvgIpc) is 3.04. The summed E-state index contributed by atoms with van der Waals surface area (Å²) < 4.78 is 11.2. The molecule has 0 saturated carbocycles. The van der Waals surface area contributed by atoms with Crippen LogP contribution in [0.25, 0.3) is 11.1 Å². The molecule has 0 heterocycles. The first-order valence-electron chi connectivity index (χ1n) is 11.1. The molecule has 1 aliphatic carbocycles. The molecule has 166 valence electrons. The van der Waals surface area contributed by atoms with Crippen molar-refractivity contribution < 1.29 is 19.1 Å². The molecule has 0 radical (unpaired) electrons. The second-order valence-corrected chi connectivity index (χ2v) is 9.13. The van der Waals surface area contributed by atoms with Crippen molar-refractivity contribution in [1.29, 1.82) is 0 Å². The summed E-state index contributed by atoms with van der Waals surface area (Å²) in [4.78, 5) is 25.3. The van der Waals surface area contributed by atoms with Gasteiger partial charge in [-0.25, -0.2) is 0 Å². The number of hydrogen-bond donors (Lipinski definition) is 1. The van der Waals surface area contributed by atoms with E-state index < -0.39 is 11.5 Å². The van der Waals surface area contributed by atoms with Crippen LogP contribution < -0.4 is 5.73 Å². The average molecular weight is 424 g/mol. The normalized spacial score (nSPS) is 13.9. The fourth-order valence-electron chi connectivity index (χ4n) is 4.10. The van der Waals surface area contributed by atoms with Gasteiger partial charge in [0.1, 0.15) is 12.2 Å². The van der Waals surface area contributed by atoms with Crippen molar-refractivity contribution in [2.45, 2.75) is 58.0 Å². The van der Waals surface area contributed by atoms with Crippen molar-refractivity contribution in [3.63, 3.8) is 0 Å². The molecule has 5 heteroatoms. The number of carbonyl (C=O) groups excluding carboxylic acids is 2. The van der Waals surface area contributed by atoms with Gasteiger partial charge >= 0.3 is 11.9 Å². The zero-order valence-corrected chi connectivity index (χ0v) is 18.7. The molecule has 2 aromatic rings. The van der Waals surface area contributed by atoms with Gasteiger partial charge < -0.3 is 15.2 Å². The van der Waals surface area contributed by atoms with Crippen LogP contribution in [-0.2, 0) is 19.1 Å². The summed E-state index contributed by atoms with van der Waals surface area (Å²) in [5, 5.41) is 0. The third kappa shape index (κ3) is 5.95. The lowest BCUT2D eigenvalue weighted by Crippen LogP contribution is -2.30. The molecule has 31 heavy (non-hydrogen) atoms. The predicted octanol–water partition coefficient (Wildman–Crippen LogP) is 4.82. The molecule has 2 N–H and O–H groups in total. The molecule has 0 aliphatic heterocycles. The zero-order valence-electron chi connectivity index (χ0n) is 18.7. The third-order valence-electron chi connectivity index (χ3n) is 5.53. The number of fused-ring (bicyclic) bond motifs is 3. The van der Waals surface area contributed by atoms with Crippen LogP contribution in [0.4, 0.5) is 0 Å². The van der Waals surface area contributed by atoms with Crippen LogP contribution in [0, 0.1) is 5.92 Å². The first kappa shape index (κ1) is 23.0. The number of rotatable bonds is 9. The number of benzene rings is 2. The Hall–Kier alpha value is -2.66. The summed E-state index contributed by atoms with van der Waals surface area (Å²) in [5.74, 6) is -1.22. The van der Waals surface area contributed by atoms with Gasteiger partial charge in [0.25, 0.3) is 0 Å². The monoisotopic (exact) mass is 423 g/mol. The number of esters is 2. The van der Waals surface area contributed by atoms with E-state index in [9.17, 15) is 9.59 Å². The van der Waals surface area contributed by atoms with Crippen molar-refractivity contribution >= 4 is 11.9 Å². The van der Waals surface area contributed by atoms with Crippen LogP contribution in [0.1, 0.15) is 63.5 Å². The van der Waals surface area contributed by atoms with Crippen LogP contribution in [-0.4, -0.2) is 30.7 Å². The van der Waals surface area contributed by atoms with Gasteiger partial charge in [0.15, 0.2) is 0 Å². The lowest BCUT2D eigenvalue weighted by atomic mass is 9.97. The summed E-state index contributed by atoms with van der Waals surface area (Å²) in [6.07, 6.45) is 2.17. The van der Waals surface area contributed by atoms with E-state index in [2.05, 4.69) is 24.3 Å². The van der Waals surface area contributed by atoms with Crippen molar-refractivity contribution in [3.05, 3.63) is 59.7 Å². The van der Waals surface area contributed by atoms with E-state index in [1.165, 1.54) is 22.3 Å². The minimum Gasteiger partial charge on any atom is -0.465 e. The summed E-state index contributed by atoms with van der Waals surface area (Å²) >= 11 is 0. The summed E-state index contributed by atoms with van der Waals surface area (Å²) in [6.45, 7) is 6.31. The van der Waals surface area contributed by atoms with Gasteiger partial charge in [-0.3, -0.25) is 9.59 Å². The van der Waals surface area contributed by atoms with Crippen molar-refractivity contribution in [2.24, 2.45) is 11.7 Å². The van der Waals surface area contributed by atoms with E-state index in [0.717, 1.165) is 12.8 Å². The van der Waals surface area contributed by atoms with Gasteiger partial charge in [-0.2, -0.15) is 0 Å². The standard InChI is InChI=1S/C26H33NO4/c1-26(2,3)31-25(29)18(10-8-9-15-27)16-24(28)30-17-23-21-13-6-4-11-19(21)20-12-5-7-14-22(20)23/h4-7,11-14,18,23H,8-10,15-17,27H2,1-3H3/t18-/m1/s1. The van der Waals surface area contributed by atoms with Gasteiger partial charge in [0, 0.05) is 5.92 Å². The van der Waals surface area contributed by atoms with Crippen molar-refractivity contribution in [1.82, 2.24) is 0 Å². The number of nitrogens with two attached hydrogens (primary N) is 1. The summed E-state index contributed by atoms with van der Waals surface area (Å²) in [5.41, 5.74) is 9.70. The Balaban J connectivity index is 1.65. The Kier molecular flexibility index (Phi) is 7.50. The summed E-state index contributed by atoms with van der Waals surface area (Å²) in [6, 6.07) is 16.4. The number of carbonyl (C=O) groups is 2. The van der Waals surface area contributed by atoms with Crippen LogP contribution in [0.3, 0.4) is 0 Å². The van der Waals surface area contributed by atoms with Gasteiger partial charge in [-0.1, -0.05) is 55.0 Å². The highest BCUT2D eigenvalue weighted by molar-refractivity contribution is 5.81. The fourth-order valence-corrected chi connectivity index (χ4v) is 4.10. The molecule has 0 aromatic heterocycles. The minimum atomic E-state index is -0.593. The van der Waals surface area contributed by atoms with Crippen LogP contribution in [0.2, 0.25) is 0 Å². The van der Waals surface area contributed by atoms with E-state index in [-0.39, 0.29) is 30.9 Å². The van der Waals surface area contributed by atoms with E-state index in [0.29, 0.717) is 13.0 Å². The second-order valence-electron chi connectivity index (χ2n) is 9.13. The van der Waals surface area contributed by atoms with Crippen LogP contribution in [0.15, 0.2) is 48.5 Å². The van der Waals surface area contributed by atoms with E-state index in [1.54, 1.807) is 0 Å². The highest BCUT2D eigenvalue weighted by atomic mass is 16.6. The lowest BCUT2D eigenvalue weighted by Gasteiger charge is -2.24. The maximum Gasteiger partial charge on any atom is 0.310 e. The van der Waals surface area contributed by atoms with Crippen LogP contribution in [0.5, 0.6) is 0 Å². The maximum absolute atomic E-state index is 12.7. The molecule has 1 atom stereocenters. The molecule has 3 rings (SSSR count). The molecule has 0 bridgehead atoms. The molecular weight excluding hydrogens is 390 g/mol. The van der Waals surface area contributed by atoms with E-state index >= 15 is 0 Å². The molecule has 0 fully saturated rings. The lowest BCUT2D eigenvalue weighted by molar-refractivity contribution is -0.164. The van der Waals surface area contributed by atoms with Gasteiger partial charge in [-0.15, -0.1) is 0 Å². The predicted molar refractivity (Wildman–Crippen MR) is 122 cm³/mol. The Labute approximate surface area is 184 Å². The Morgan fingerprint density at radius 2 is 1.55 bits per heavy atom. The topological polar surface area (TPSA) is 78.6 Å². The van der Waals surface area contributed by atoms with E-state index in [1.807, 2.05) is 45.0 Å². The number of unbranched alkanes of at least 4 members (excludes halogenated alkanes) is 1. The second kappa shape index (κ2) is 10.1. The quantitative estimate of drug-likeness (QED) is 0.462. The SMILES string of the molecule is CC(C)(C)OC(=O)[C@H](CCCCN)CC(=O)OCC1c2ccccc2-c2ccccc21. The maximum atomic E-state index is 12.7. The minimum absolute atomic E-state index is 0.00793. The Morgan fingerprint density at radius 1 is 0.968 bits per heavy atom. The molecule has 0 spiro atoms. The molecular formula is C26H33NO4. The molecule has 0 unspecified atom stereocenters. The molecule has 1 aliphatic rings. The molecule has 0 amide bonds. The Bertz CT molecular complexity index is 870. The highest BCUT2D eigenvalue weighted by Crippen LogP contribution is 2.44. The summed E-state index contributed by atoms with van der Waals surface area (Å²) in [7, 11) is 0. The molecule has 5 nitrogen and oxygen atoms in total. The fraction of sp³-hybridized carbons (Fsp3) is 0.462. The zero-order chi connectivity index (χ0) is 22.4. The van der Waals surface area contributed by atoms with Gasteiger partial charge in [-0.05, 0) is 62.4 Å². The highest BCUT2D eigenvalue weighted by Gasteiger charge is 2.31. The number of hydrogen-bond acceptors (Lipinski definition) is 5. The van der Waals surface area contributed by atoms with Crippen molar-refractivity contribution in [3.8, 4) is 11.1 Å².